The first-order valence-corrected chi connectivity index (χ1v) is 7.15. The largest absolute Gasteiger partial charge is 1.00 e. The van der Waals surface area contributed by atoms with E-state index < -0.39 is 0 Å². The van der Waals surface area contributed by atoms with Gasteiger partial charge in [-0.3, -0.25) is 4.79 Å². The van der Waals surface area contributed by atoms with Crippen molar-refractivity contribution < 1.29 is 39.5 Å². The van der Waals surface area contributed by atoms with Crippen LogP contribution in [0.3, 0.4) is 0 Å². The molecule has 0 saturated carbocycles. The molecule has 2 N–H and O–H groups in total. The van der Waals surface area contributed by atoms with Crippen LogP contribution in [0, 0.1) is 13.8 Å². The molecular weight excluding hydrogens is 297 g/mol. The third-order valence-corrected chi connectivity index (χ3v) is 3.74. The molecule has 23 heavy (non-hydrogen) atoms. The van der Waals surface area contributed by atoms with E-state index in [4.69, 9.17) is 0 Å². The van der Waals surface area contributed by atoms with E-state index in [1.165, 1.54) is 0 Å². The maximum atomic E-state index is 12.4. The molecule has 4 heteroatoms. The van der Waals surface area contributed by atoms with Crippen molar-refractivity contribution in [3.8, 4) is 5.75 Å². The van der Waals surface area contributed by atoms with Crippen molar-refractivity contribution in [1.29, 1.82) is 0 Å². The molecule has 0 bridgehead atoms. The molecule has 110 valence electrons. The van der Waals surface area contributed by atoms with Gasteiger partial charge in [0.1, 0.15) is 5.75 Å². The number of aromatic hydroxyl groups is 1. The first-order valence-electron chi connectivity index (χ1n) is 7.15. The van der Waals surface area contributed by atoms with Gasteiger partial charge in [0, 0.05) is 5.69 Å². The van der Waals surface area contributed by atoms with Crippen molar-refractivity contribution in [2.45, 2.75) is 13.8 Å². The van der Waals surface area contributed by atoms with Crippen LogP contribution in [0.25, 0.3) is 10.8 Å². The number of carbonyl (C=O) groups excluding carboxylic acids is 1. The van der Waals surface area contributed by atoms with Gasteiger partial charge in [0.15, 0.2) is 0 Å². The van der Waals surface area contributed by atoms with Gasteiger partial charge in [0.25, 0.3) is 5.91 Å². The van der Waals surface area contributed by atoms with Crippen LogP contribution >= 0.6 is 0 Å². The molecule has 3 aromatic rings. The Morgan fingerprint density at radius 3 is 2.26 bits per heavy atom. The molecule has 0 unspecified atom stereocenters. The fourth-order valence-corrected chi connectivity index (χ4v) is 2.55. The molecule has 0 aliphatic heterocycles. The third-order valence-electron chi connectivity index (χ3n) is 3.74. The molecule has 3 aromatic carbocycles. The van der Waals surface area contributed by atoms with Crippen LogP contribution < -0.4 is 34.9 Å². The number of aryl methyl sites for hydroxylation is 2. The van der Waals surface area contributed by atoms with Gasteiger partial charge in [-0.1, -0.05) is 42.0 Å². The van der Waals surface area contributed by atoms with Crippen LogP contribution in [0.2, 0.25) is 0 Å². The number of phenols is 1. The Kier molecular flexibility index (Phi) is 5.47. The molecule has 0 aromatic heterocycles. The van der Waals surface area contributed by atoms with Gasteiger partial charge in [0.2, 0.25) is 0 Å². The van der Waals surface area contributed by atoms with E-state index in [-0.39, 0.29) is 46.8 Å². The number of benzene rings is 3. The number of fused-ring (bicyclic) bond motifs is 1. The van der Waals surface area contributed by atoms with Crippen molar-refractivity contribution in [1.82, 2.24) is 0 Å². The van der Waals surface area contributed by atoms with Crippen molar-refractivity contribution in [3.05, 3.63) is 71.3 Å². The van der Waals surface area contributed by atoms with E-state index in [1.54, 1.807) is 12.1 Å². The van der Waals surface area contributed by atoms with Gasteiger partial charge in [0.05, 0.1) is 5.56 Å². The molecule has 0 heterocycles. The Morgan fingerprint density at radius 2 is 1.61 bits per heavy atom. The number of rotatable bonds is 2. The minimum absolute atomic E-state index is 0. The summed E-state index contributed by atoms with van der Waals surface area (Å²) in [4.78, 5) is 12.4. The van der Waals surface area contributed by atoms with E-state index in [0.29, 0.717) is 0 Å². The summed E-state index contributed by atoms with van der Waals surface area (Å²) >= 11 is 0. The minimum Gasteiger partial charge on any atom is -0.507 e. The molecule has 0 saturated heterocycles. The van der Waals surface area contributed by atoms with Crippen molar-refractivity contribution in [2.24, 2.45) is 0 Å². The zero-order valence-electron chi connectivity index (χ0n) is 13.6. The maximum Gasteiger partial charge on any atom is 1.00 e. The topological polar surface area (TPSA) is 49.3 Å². The van der Waals surface area contributed by atoms with Crippen LogP contribution in [-0.4, -0.2) is 11.0 Å². The predicted molar refractivity (Wildman–Crippen MR) is 89.5 cm³/mol. The average Bonchev–Trinajstić information content (AvgIpc) is 2.49. The number of carbonyl (C=O) groups is 1. The van der Waals surface area contributed by atoms with Crippen molar-refractivity contribution >= 4 is 22.4 Å². The van der Waals surface area contributed by atoms with Gasteiger partial charge < -0.3 is 10.4 Å². The Balaban J connectivity index is 0.00000192. The number of anilines is 1. The Bertz CT molecular complexity index is 874. The van der Waals surface area contributed by atoms with Gasteiger partial charge in [-0.05, 0) is 48.4 Å². The van der Waals surface area contributed by atoms with Crippen LogP contribution in [0.5, 0.6) is 5.75 Å². The second kappa shape index (κ2) is 7.18. The fourth-order valence-electron chi connectivity index (χ4n) is 2.55. The van der Waals surface area contributed by atoms with E-state index in [9.17, 15) is 9.90 Å². The first-order chi connectivity index (χ1) is 10.5. The van der Waals surface area contributed by atoms with Crippen LogP contribution in [0.15, 0.2) is 54.6 Å². The summed E-state index contributed by atoms with van der Waals surface area (Å²) in [6.07, 6.45) is 0. The smallest absolute Gasteiger partial charge is 0.507 e. The standard InChI is InChI=1S/C19H17NO2.Na/c1-12-7-8-17(13(2)9-12)20-19(22)16-10-14-5-3-4-6-15(14)11-18(16)21;/h3-11,21H,1-2H3,(H,20,22);/q;+1. The quantitative estimate of drug-likeness (QED) is 0.703. The van der Waals surface area contributed by atoms with Gasteiger partial charge >= 0.3 is 29.6 Å². The van der Waals surface area contributed by atoms with Crippen LogP contribution in [0.4, 0.5) is 5.69 Å². The zero-order chi connectivity index (χ0) is 15.7. The van der Waals surface area contributed by atoms with E-state index in [0.717, 1.165) is 27.6 Å². The Hall–Kier alpha value is -1.81. The van der Waals surface area contributed by atoms with E-state index in [1.807, 2.05) is 56.3 Å². The normalized spacial score (nSPS) is 10.2. The number of nitrogens with one attached hydrogen (secondary N) is 1. The minimum atomic E-state index is -0.310. The second-order valence-corrected chi connectivity index (χ2v) is 5.49. The molecule has 3 rings (SSSR count). The third kappa shape index (κ3) is 3.75. The molecule has 0 atom stereocenters. The Morgan fingerprint density at radius 1 is 0.957 bits per heavy atom. The fraction of sp³-hybridized carbons (Fsp3) is 0.105. The van der Waals surface area contributed by atoms with Crippen LogP contribution in [-0.2, 0) is 0 Å². The Labute approximate surface area is 157 Å². The summed E-state index contributed by atoms with van der Waals surface area (Å²) in [5, 5.41) is 14.8. The molecule has 0 spiro atoms. The first kappa shape index (κ1) is 17.5. The van der Waals surface area contributed by atoms with Crippen LogP contribution in [0.1, 0.15) is 21.5 Å². The summed E-state index contributed by atoms with van der Waals surface area (Å²) in [5.41, 5.74) is 3.17. The van der Waals surface area contributed by atoms with E-state index >= 15 is 0 Å². The molecule has 0 aliphatic rings. The molecule has 3 nitrogen and oxygen atoms in total. The monoisotopic (exact) mass is 314 g/mol. The number of amides is 1. The molecular formula is C19H17NNaO2+. The predicted octanol–water partition coefficient (Wildman–Crippen LogP) is 1.42. The second-order valence-electron chi connectivity index (χ2n) is 5.49. The SMILES string of the molecule is Cc1ccc(NC(=O)c2cc3ccccc3cc2O)c(C)c1.[Na+]. The molecule has 0 aliphatic carbocycles. The summed E-state index contributed by atoms with van der Waals surface area (Å²) in [5.74, 6) is -0.323. The van der Waals surface area contributed by atoms with Gasteiger partial charge in [-0.15, -0.1) is 0 Å². The van der Waals surface area contributed by atoms with Gasteiger partial charge in [-0.25, -0.2) is 0 Å². The number of hydrogen-bond acceptors (Lipinski definition) is 2. The zero-order valence-corrected chi connectivity index (χ0v) is 15.6. The van der Waals surface area contributed by atoms with Crippen molar-refractivity contribution in [2.75, 3.05) is 5.32 Å². The van der Waals surface area contributed by atoms with E-state index in [2.05, 4.69) is 5.32 Å². The summed E-state index contributed by atoms with van der Waals surface area (Å²) in [7, 11) is 0. The summed E-state index contributed by atoms with van der Waals surface area (Å²) in [6.45, 7) is 3.95. The number of hydrogen-bond donors (Lipinski definition) is 2. The number of phenolic OH excluding ortho intramolecular Hbond substituents is 1. The molecule has 0 fully saturated rings. The van der Waals surface area contributed by atoms with Crippen molar-refractivity contribution in [3.63, 3.8) is 0 Å². The average molecular weight is 314 g/mol. The summed E-state index contributed by atoms with van der Waals surface area (Å²) in [6, 6.07) is 16.8. The molecule has 0 radical (unpaired) electrons. The molecule has 1 amide bonds. The maximum absolute atomic E-state index is 12.4. The summed E-state index contributed by atoms with van der Waals surface area (Å²) < 4.78 is 0. The van der Waals surface area contributed by atoms with Gasteiger partial charge in [-0.2, -0.15) is 0 Å².